The molecule has 0 amide bonds. The molecule has 0 spiro atoms. The lowest BCUT2D eigenvalue weighted by Crippen LogP contribution is -2.17. The van der Waals surface area contributed by atoms with Crippen LogP contribution in [-0.2, 0) is 20.9 Å². The molecule has 1 atom stereocenters. The second-order valence-electron chi connectivity index (χ2n) is 4.69. The Hall–Kier alpha value is -2.10. The Bertz CT molecular complexity index is 832. The molecule has 0 radical (unpaired) electrons. The number of rotatable bonds is 5. The van der Waals surface area contributed by atoms with E-state index in [1.807, 2.05) is 0 Å². The summed E-state index contributed by atoms with van der Waals surface area (Å²) in [4.78, 5) is 10.9. The lowest BCUT2D eigenvalue weighted by Gasteiger charge is -2.15. The van der Waals surface area contributed by atoms with Crippen LogP contribution >= 0.6 is 0 Å². The molecular formula is C14H15N3O4S2. The van der Waals surface area contributed by atoms with Crippen molar-refractivity contribution in [2.24, 2.45) is 3.77 Å². The summed E-state index contributed by atoms with van der Waals surface area (Å²) in [5.41, 5.74) is -0.0537. The Labute approximate surface area is 137 Å². The molecule has 23 heavy (non-hydrogen) atoms. The lowest BCUT2D eigenvalue weighted by atomic mass is 10.3. The van der Waals surface area contributed by atoms with Gasteiger partial charge in [0.05, 0.1) is 9.82 Å². The summed E-state index contributed by atoms with van der Waals surface area (Å²) >= 11 is 0. The van der Waals surface area contributed by atoms with Crippen molar-refractivity contribution in [1.82, 2.24) is 4.31 Å². The minimum atomic E-state index is -3.82. The standard InChI is InChI=1S/C14H15N3O4S2/c1-16(2)22(13-10-8-12(9-11-13)17(18)19)15-23(20,21)14-6-4-3-5-7-14/h3-11H,1-2H3/t22-/m0/s1. The van der Waals surface area contributed by atoms with Crippen LogP contribution in [0.2, 0.25) is 0 Å². The van der Waals surface area contributed by atoms with Gasteiger partial charge < -0.3 is 0 Å². The first-order valence-corrected chi connectivity index (χ1v) is 9.08. The number of nitro groups is 1. The number of benzene rings is 2. The Balaban J connectivity index is 2.48. The average Bonchev–Trinajstić information content (AvgIpc) is 2.53. The summed E-state index contributed by atoms with van der Waals surface area (Å²) in [5.74, 6) is 0. The number of non-ortho nitro benzene ring substituents is 1. The van der Waals surface area contributed by atoms with Crippen LogP contribution in [0.5, 0.6) is 0 Å². The van der Waals surface area contributed by atoms with Crippen LogP contribution in [0.25, 0.3) is 0 Å². The highest BCUT2D eigenvalue weighted by Gasteiger charge is 2.16. The zero-order valence-corrected chi connectivity index (χ0v) is 14.1. The van der Waals surface area contributed by atoms with E-state index < -0.39 is 25.8 Å². The van der Waals surface area contributed by atoms with Crippen molar-refractivity contribution in [2.75, 3.05) is 14.1 Å². The van der Waals surface area contributed by atoms with Gasteiger partial charge in [0.15, 0.2) is 0 Å². The van der Waals surface area contributed by atoms with Gasteiger partial charge in [-0.25, -0.2) is 4.31 Å². The topological polar surface area (TPSA) is 92.9 Å². The van der Waals surface area contributed by atoms with Crippen LogP contribution in [0.3, 0.4) is 0 Å². The Kier molecular flexibility index (Phi) is 5.24. The average molecular weight is 353 g/mol. The predicted molar refractivity (Wildman–Crippen MR) is 88.5 cm³/mol. The molecule has 0 N–H and O–H groups in total. The maximum absolute atomic E-state index is 12.4. The molecule has 2 aromatic carbocycles. The van der Waals surface area contributed by atoms with Crippen molar-refractivity contribution >= 4 is 26.6 Å². The predicted octanol–water partition coefficient (Wildman–Crippen LogP) is 2.62. The highest BCUT2D eigenvalue weighted by molar-refractivity contribution is 7.99. The quantitative estimate of drug-likeness (QED) is 0.608. The van der Waals surface area contributed by atoms with Crippen molar-refractivity contribution < 1.29 is 13.3 Å². The van der Waals surface area contributed by atoms with Crippen LogP contribution in [0.1, 0.15) is 0 Å². The van der Waals surface area contributed by atoms with Crippen molar-refractivity contribution in [3.05, 3.63) is 64.7 Å². The van der Waals surface area contributed by atoms with Gasteiger partial charge in [0, 0.05) is 27.9 Å². The highest BCUT2D eigenvalue weighted by Crippen LogP contribution is 2.20. The van der Waals surface area contributed by atoms with Crippen molar-refractivity contribution in [1.29, 1.82) is 0 Å². The molecule has 0 bridgehead atoms. The van der Waals surface area contributed by atoms with E-state index in [2.05, 4.69) is 3.77 Å². The van der Waals surface area contributed by atoms with Crippen LogP contribution in [0.4, 0.5) is 5.69 Å². The summed E-state index contributed by atoms with van der Waals surface area (Å²) in [6.07, 6.45) is 0. The Morgan fingerprint density at radius 2 is 1.61 bits per heavy atom. The fourth-order valence-corrected chi connectivity index (χ4v) is 5.01. The third kappa shape index (κ3) is 4.21. The fraction of sp³-hybridized carbons (Fsp3) is 0.143. The molecule has 7 nitrogen and oxygen atoms in total. The number of nitro benzene ring substituents is 1. The first-order chi connectivity index (χ1) is 10.8. The number of nitrogens with zero attached hydrogens (tertiary/aromatic N) is 3. The van der Waals surface area contributed by atoms with E-state index in [1.54, 1.807) is 36.6 Å². The summed E-state index contributed by atoms with van der Waals surface area (Å²) in [6.45, 7) is 0. The molecule has 0 heterocycles. The molecular weight excluding hydrogens is 338 g/mol. The van der Waals surface area contributed by atoms with E-state index in [4.69, 9.17) is 0 Å². The monoisotopic (exact) mass is 353 g/mol. The highest BCUT2D eigenvalue weighted by atomic mass is 32.3. The molecule has 0 unspecified atom stereocenters. The minimum absolute atomic E-state index is 0.0537. The van der Waals surface area contributed by atoms with Gasteiger partial charge in [-0.15, -0.1) is 3.77 Å². The second-order valence-corrected chi connectivity index (χ2v) is 8.44. The Morgan fingerprint density at radius 3 is 2.09 bits per heavy atom. The van der Waals surface area contributed by atoms with Crippen LogP contribution in [-0.4, -0.2) is 31.7 Å². The minimum Gasteiger partial charge on any atom is -0.258 e. The van der Waals surface area contributed by atoms with Gasteiger partial charge >= 0.3 is 0 Å². The van der Waals surface area contributed by atoms with E-state index in [1.165, 1.54) is 36.4 Å². The van der Waals surface area contributed by atoms with Gasteiger partial charge in [-0.3, -0.25) is 10.1 Å². The Morgan fingerprint density at radius 1 is 1.04 bits per heavy atom. The first-order valence-electron chi connectivity index (χ1n) is 6.50. The van der Waals surface area contributed by atoms with Gasteiger partial charge in [0.2, 0.25) is 0 Å². The van der Waals surface area contributed by atoms with E-state index in [0.29, 0.717) is 4.90 Å². The van der Waals surface area contributed by atoms with Gasteiger partial charge in [-0.2, -0.15) is 8.42 Å². The summed E-state index contributed by atoms with van der Waals surface area (Å²) in [5, 5.41) is 10.7. The number of hydrogen-bond acceptors (Lipinski definition) is 4. The first kappa shape index (κ1) is 17.3. The van der Waals surface area contributed by atoms with Crippen molar-refractivity contribution in [3.63, 3.8) is 0 Å². The molecule has 2 rings (SSSR count). The third-order valence-electron chi connectivity index (χ3n) is 2.81. The SMILES string of the molecule is CN(C)[S@](=NS(=O)(=O)c1ccccc1)c1ccc([N+](=O)[O-])cc1. The number of hydrogen-bond donors (Lipinski definition) is 0. The lowest BCUT2D eigenvalue weighted by molar-refractivity contribution is -0.384. The zero-order chi connectivity index (χ0) is 17.0. The maximum atomic E-state index is 12.4. The molecule has 0 aromatic heterocycles. The third-order valence-corrected chi connectivity index (χ3v) is 6.42. The van der Waals surface area contributed by atoms with E-state index in [0.717, 1.165) is 0 Å². The smallest absolute Gasteiger partial charge is 0.258 e. The second kappa shape index (κ2) is 6.99. The van der Waals surface area contributed by atoms with E-state index in [-0.39, 0.29) is 10.6 Å². The van der Waals surface area contributed by atoms with Crippen LogP contribution in [0, 0.1) is 10.1 Å². The molecule has 122 valence electrons. The van der Waals surface area contributed by atoms with Crippen molar-refractivity contribution in [2.45, 2.75) is 9.79 Å². The fourth-order valence-electron chi connectivity index (χ4n) is 1.74. The molecule has 0 saturated carbocycles. The van der Waals surface area contributed by atoms with Crippen molar-refractivity contribution in [3.8, 4) is 0 Å². The van der Waals surface area contributed by atoms with Gasteiger partial charge in [-0.1, -0.05) is 18.2 Å². The molecule has 2 aromatic rings. The maximum Gasteiger partial charge on any atom is 0.289 e. The van der Waals surface area contributed by atoms with Gasteiger partial charge in [0.25, 0.3) is 15.7 Å². The summed E-state index contributed by atoms with van der Waals surface area (Å²) in [6, 6.07) is 13.6. The van der Waals surface area contributed by atoms with Crippen LogP contribution in [0.15, 0.2) is 68.2 Å². The molecule has 0 saturated heterocycles. The molecule has 0 aliphatic carbocycles. The molecule has 0 fully saturated rings. The van der Waals surface area contributed by atoms with E-state index in [9.17, 15) is 18.5 Å². The molecule has 9 heteroatoms. The van der Waals surface area contributed by atoms with Gasteiger partial charge in [-0.05, 0) is 38.4 Å². The molecule has 0 aliphatic heterocycles. The summed E-state index contributed by atoms with van der Waals surface area (Å²) < 4.78 is 30.4. The summed E-state index contributed by atoms with van der Waals surface area (Å²) in [7, 11) is -1.49. The number of sulfonamides is 1. The normalized spacial score (nSPS) is 13.2. The zero-order valence-electron chi connectivity index (χ0n) is 12.5. The molecule has 0 aliphatic rings. The van der Waals surface area contributed by atoms with Gasteiger partial charge in [0.1, 0.15) is 0 Å². The van der Waals surface area contributed by atoms with E-state index >= 15 is 0 Å². The largest absolute Gasteiger partial charge is 0.289 e. The van der Waals surface area contributed by atoms with Crippen LogP contribution < -0.4 is 0 Å².